The number of aryl methyl sites for hydroxylation is 1. The van der Waals surface area contributed by atoms with Crippen molar-refractivity contribution >= 4 is 20.9 Å². The average molecular weight is 347 g/mol. The van der Waals surface area contributed by atoms with Crippen LogP contribution in [0.5, 0.6) is 0 Å². The number of aromatic nitrogens is 1. The predicted molar refractivity (Wildman–Crippen MR) is 96.6 cm³/mol. The number of hydrogen-bond donors (Lipinski definition) is 1. The van der Waals surface area contributed by atoms with Crippen LogP contribution < -0.4 is 4.72 Å². The third kappa shape index (κ3) is 3.77. The Balaban J connectivity index is 1.79. The van der Waals surface area contributed by atoms with Gasteiger partial charge in [0.25, 0.3) is 0 Å². The second-order valence-corrected chi connectivity index (χ2v) is 8.26. The summed E-state index contributed by atoms with van der Waals surface area (Å²) in [4.78, 5) is 7.02. The lowest BCUT2D eigenvalue weighted by molar-refractivity contribution is 0.208. The van der Waals surface area contributed by atoms with Crippen molar-refractivity contribution in [1.82, 2.24) is 14.6 Å². The van der Waals surface area contributed by atoms with E-state index < -0.39 is 10.0 Å². The molecular weight excluding hydrogens is 322 g/mol. The lowest BCUT2D eigenvalue weighted by Crippen LogP contribution is -2.44. The second kappa shape index (κ2) is 7.17. The number of pyridine rings is 1. The lowest BCUT2D eigenvalue weighted by atomic mass is 10.1. The molecule has 0 atom stereocenters. The molecule has 0 radical (unpaired) electrons. The van der Waals surface area contributed by atoms with E-state index in [4.69, 9.17) is 0 Å². The first-order valence-electron chi connectivity index (χ1n) is 8.59. The van der Waals surface area contributed by atoms with Crippen molar-refractivity contribution in [2.24, 2.45) is 0 Å². The molecule has 0 spiro atoms. The zero-order valence-electron chi connectivity index (χ0n) is 14.3. The smallest absolute Gasteiger partial charge is 0.242 e. The van der Waals surface area contributed by atoms with Gasteiger partial charge in [-0.05, 0) is 63.5 Å². The van der Waals surface area contributed by atoms with Crippen LogP contribution in [-0.2, 0) is 10.0 Å². The van der Waals surface area contributed by atoms with E-state index in [1.165, 1.54) is 0 Å². The van der Waals surface area contributed by atoms with Crippen LogP contribution in [0.1, 0.15) is 31.7 Å². The van der Waals surface area contributed by atoms with Gasteiger partial charge in [0.15, 0.2) is 0 Å². The maximum atomic E-state index is 12.8. The Hall–Kier alpha value is -1.50. The lowest BCUT2D eigenvalue weighted by Gasteiger charge is -2.31. The summed E-state index contributed by atoms with van der Waals surface area (Å²) < 4.78 is 28.6. The summed E-state index contributed by atoms with van der Waals surface area (Å²) in [5.74, 6) is 0. The van der Waals surface area contributed by atoms with Crippen LogP contribution >= 0.6 is 0 Å². The predicted octanol–water partition coefficient (Wildman–Crippen LogP) is 2.70. The zero-order valence-corrected chi connectivity index (χ0v) is 15.1. The number of benzene rings is 1. The maximum Gasteiger partial charge on any atom is 0.242 e. The molecule has 0 bridgehead atoms. The quantitative estimate of drug-likeness (QED) is 0.903. The van der Waals surface area contributed by atoms with Crippen molar-refractivity contribution in [2.75, 3.05) is 19.6 Å². The molecule has 5 nitrogen and oxygen atoms in total. The molecule has 2 aromatic rings. The Morgan fingerprint density at radius 3 is 2.75 bits per heavy atom. The van der Waals surface area contributed by atoms with Crippen molar-refractivity contribution < 1.29 is 8.42 Å². The molecule has 0 unspecified atom stereocenters. The molecule has 1 aromatic heterocycles. The van der Waals surface area contributed by atoms with Gasteiger partial charge in [-0.2, -0.15) is 0 Å². The molecule has 1 saturated heterocycles. The van der Waals surface area contributed by atoms with Gasteiger partial charge in [0, 0.05) is 17.6 Å². The molecule has 24 heavy (non-hydrogen) atoms. The standard InChI is InChI=1S/C18H25N3O2S/c1-3-9-21-10-7-16(8-11-21)20-24(22,23)17-6-4-5-15-12-14(2)13-19-18(15)17/h4-6,12-13,16,20H,3,7-11H2,1-2H3. The highest BCUT2D eigenvalue weighted by Gasteiger charge is 2.25. The number of fused-ring (bicyclic) bond motifs is 1. The van der Waals surface area contributed by atoms with Crippen LogP contribution in [0.3, 0.4) is 0 Å². The summed E-state index contributed by atoms with van der Waals surface area (Å²) in [6.45, 7) is 7.12. The van der Waals surface area contributed by atoms with Gasteiger partial charge in [0.05, 0.1) is 5.52 Å². The molecule has 0 saturated carbocycles. The normalized spacial score (nSPS) is 17.4. The minimum absolute atomic E-state index is 0.00353. The first-order chi connectivity index (χ1) is 11.5. The minimum atomic E-state index is -3.56. The summed E-state index contributed by atoms with van der Waals surface area (Å²) in [5, 5.41) is 0.857. The molecule has 1 aliphatic rings. The molecule has 3 rings (SSSR count). The van der Waals surface area contributed by atoms with Gasteiger partial charge in [0.2, 0.25) is 10.0 Å². The van der Waals surface area contributed by atoms with Gasteiger partial charge in [-0.3, -0.25) is 4.98 Å². The van der Waals surface area contributed by atoms with E-state index in [9.17, 15) is 8.42 Å². The summed E-state index contributed by atoms with van der Waals surface area (Å²) in [6, 6.07) is 7.28. The number of piperidine rings is 1. The minimum Gasteiger partial charge on any atom is -0.303 e. The van der Waals surface area contributed by atoms with Crippen molar-refractivity contribution in [2.45, 2.75) is 44.0 Å². The number of nitrogens with zero attached hydrogens (tertiary/aromatic N) is 2. The number of likely N-dealkylation sites (tertiary alicyclic amines) is 1. The van der Waals surface area contributed by atoms with Crippen LogP contribution in [0.4, 0.5) is 0 Å². The Labute approximate surface area is 144 Å². The largest absolute Gasteiger partial charge is 0.303 e. The summed E-state index contributed by atoms with van der Waals surface area (Å²) in [6.07, 6.45) is 4.56. The van der Waals surface area contributed by atoms with E-state index in [1.54, 1.807) is 18.3 Å². The molecule has 6 heteroatoms. The molecule has 1 fully saturated rings. The van der Waals surface area contributed by atoms with Crippen molar-refractivity contribution in [3.63, 3.8) is 0 Å². The van der Waals surface area contributed by atoms with E-state index in [-0.39, 0.29) is 10.9 Å². The van der Waals surface area contributed by atoms with E-state index in [1.807, 2.05) is 19.1 Å². The molecule has 1 aliphatic heterocycles. The third-order valence-electron chi connectivity index (χ3n) is 4.55. The fourth-order valence-corrected chi connectivity index (χ4v) is 4.82. The highest BCUT2D eigenvalue weighted by Crippen LogP contribution is 2.23. The van der Waals surface area contributed by atoms with Crippen LogP contribution in [0, 0.1) is 6.92 Å². The molecule has 0 aliphatic carbocycles. The Morgan fingerprint density at radius 2 is 2.04 bits per heavy atom. The van der Waals surface area contributed by atoms with E-state index >= 15 is 0 Å². The topological polar surface area (TPSA) is 62.3 Å². The molecular formula is C18H25N3O2S. The van der Waals surface area contributed by atoms with Crippen LogP contribution in [-0.4, -0.2) is 44.0 Å². The molecule has 1 N–H and O–H groups in total. The van der Waals surface area contributed by atoms with Gasteiger partial charge >= 0.3 is 0 Å². The highest BCUT2D eigenvalue weighted by molar-refractivity contribution is 7.89. The summed E-state index contributed by atoms with van der Waals surface area (Å²) >= 11 is 0. The van der Waals surface area contributed by atoms with Crippen LogP contribution in [0.25, 0.3) is 10.9 Å². The molecule has 2 heterocycles. The van der Waals surface area contributed by atoms with Gasteiger partial charge in [-0.15, -0.1) is 0 Å². The van der Waals surface area contributed by atoms with Crippen molar-refractivity contribution in [1.29, 1.82) is 0 Å². The number of sulfonamides is 1. The monoisotopic (exact) mass is 347 g/mol. The molecule has 130 valence electrons. The SMILES string of the molecule is CCCN1CCC(NS(=O)(=O)c2cccc3cc(C)cnc23)CC1. The van der Waals surface area contributed by atoms with Crippen molar-refractivity contribution in [3.05, 3.63) is 36.0 Å². The number of rotatable bonds is 5. The molecule has 1 aromatic carbocycles. The third-order valence-corrected chi connectivity index (χ3v) is 6.10. The maximum absolute atomic E-state index is 12.8. The second-order valence-electron chi connectivity index (χ2n) is 6.58. The number of nitrogens with one attached hydrogen (secondary N) is 1. The van der Waals surface area contributed by atoms with Gasteiger partial charge in [0.1, 0.15) is 4.90 Å². The average Bonchev–Trinajstić information content (AvgIpc) is 2.56. The highest BCUT2D eigenvalue weighted by atomic mass is 32.2. The Bertz CT molecular complexity index is 812. The van der Waals surface area contributed by atoms with E-state index in [2.05, 4.69) is 21.5 Å². The van der Waals surface area contributed by atoms with Gasteiger partial charge < -0.3 is 4.90 Å². The fourth-order valence-electron chi connectivity index (χ4n) is 3.33. The number of hydrogen-bond acceptors (Lipinski definition) is 4. The van der Waals surface area contributed by atoms with Gasteiger partial charge in [-0.25, -0.2) is 13.1 Å². The van der Waals surface area contributed by atoms with Crippen LogP contribution in [0.15, 0.2) is 35.4 Å². The fraction of sp³-hybridized carbons (Fsp3) is 0.500. The Morgan fingerprint density at radius 1 is 1.29 bits per heavy atom. The first-order valence-corrected chi connectivity index (χ1v) is 10.1. The zero-order chi connectivity index (χ0) is 17.2. The summed E-state index contributed by atoms with van der Waals surface area (Å²) in [7, 11) is -3.56. The first kappa shape index (κ1) is 17.3. The van der Waals surface area contributed by atoms with Crippen LogP contribution in [0.2, 0.25) is 0 Å². The molecule has 0 amide bonds. The number of para-hydroxylation sites is 1. The van der Waals surface area contributed by atoms with E-state index in [0.29, 0.717) is 5.52 Å². The van der Waals surface area contributed by atoms with E-state index in [0.717, 1.165) is 49.8 Å². The van der Waals surface area contributed by atoms with Gasteiger partial charge in [-0.1, -0.05) is 19.1 Å². The summed E-state index contributed by atoms with van der Waals surface area (Å²) in [5.41, 5.74) is 1.56. The van der Waals surface area contributed by atoms with Crippen molar-refractivity contribution in [3.8, 4) is 0 Å². The Kier molecular flexibility index (Phi) is 5.18.